The van der Waals surface area contributed by atoms with E-state index < -0.39 is 6.10 Å². The smallest absolute Gasteiger partial charge is 0.249 e. The zero-order valence-electron chi connectivity index (χ0n) is 19.6. The van der Waals surface area contributed by atoms with Crippen LogP contribution < -0.4 is 10.1 Å². The highest BCUT2D eigenvalue weighted by molar-refractivity contribution is 5.81. The van der Waals surface area contributed by atoms with Crippen LogP contribution in [0.5, 0.6) is 5.75 Å². The van der Waals surface area contributed by atoms with Crippen LogP contribution in [-0.4, -0.2) is 31.8 Å². The van der Waals surface area contributed by atoms with Gasteiger partial charge in [-0.1, -0.05) is 67.6 Å². The number of rotatable bonds is 11. The summed E-state index contributed by atoms with van der Waals surface area (Å²) in [6.45, 7) is 5.79. The van der Waals surface area contributed by atoms with Crippen LogP contribution in [0, 0.1) is 0 Å². The largest absolute Gasteiger partial charge is 0.494 e. The predicted octanol–water partition coefficient (Wildman–Crippen LogP) is 5.74. The molecule has 1 amide bonds. The lowest BCUT2D eigenvalue weighted by Crippen LogP contribution is -2.38. The van der Waals surface area contributed by atoms with Gasteiger partial charge in [0.1, 0.15) is 11.9 Å². The number of carbonyl (C=O) groups excluding carboxylic acids is 1. The molecular weight excluding hydrogens is 410 g/mol. The molecular formula is C29H33NO3. The van der Waals surface area contributed by atoms with Gasteiger partial charge < -0.3 is 14.8 Å². The molecule has 0 aromatic heterocycles. The van der Waals surface area contributed by atoms with Gasteiger partial charge in [-0.2, -0.15) is 0 Å². The van der Waals surface area contributed by atoms with Gasteiger partial charge in [0.05, 0.1) is 6.61 Å². The van der Waals surface area contributed by atoms with Crippen LogP contribution in [0.25, 0.3) is 11.1 Å². The summed E-state index contributed by atoms with van der Waals surface area (Å²) in [7, 11) is 0. The van der Waals surface area contributed by atoms with Crippen LogP contribution in [0.4, 0.5) is 0 Å². The van der Waals surface area contributed by atoms with Crippen molar-refractivity contribution in [3.8, 4) is 16.9 Å². The molecule has 1 aliphatic rings. The van der Waals surface area contributed by atoms with Gasteiger partial charge in [-0.05, 0) is 59.7 Å². The van der Waals surface area contributed by atoms with E-state index in [9.17, 15) is 4.79 Å². The molecule has 0 aliphatic heterocycles. The first-order chi connectivity index (χ1) is 16.2. The highest BCUT2D eigenvalue weighted by Crippen LogP contribution is 2.45. The fourth-order valence-corrected chi connectivity index (χ4v) is 4.59. The second-order valence-corrected chi connectivity index (χ2v) is 8.45. The van der Waals surface area contributed by atoms with E-state index in [4.69, 9.17) is 9.47 Å². The molecule has 0 spiro atoms. The first-order valence-corrected chi connectivity index (χ1v) is 12.0. The van der Waals surface area contributed by atoms with E-state index in [1.165, 1.54) is 22.3 Å². The van der Waals surface area contributed by atoms with Crippen molar-refractivity contribution in [2.45, 2.75) is 45.1 Å². The van der Waals surface area contributed by atoms with Gasteiger partial charge in [-0.3, -0.25) is 4.79 Å². The summed E-state index contributed by atoms with van der Waals surface area (Å²) in [4.78, 5) is 12.3. The third kappa shape index (κ3) is 5.45. The maximum absolute atomic E-state index is 12.3. The Morgan fingerprint density at radius 1 is 0.909 bits per heavy atom. The van der Waals surface area contributed by atoms with Crippen LogP contribution in [0.3, 0.4) is 0 Å². The Morgan fingerprint density at radius 2 is 1.55 bits per heavy atom. The van der Waals surface area contributed by atoms with Crippen molar-refractivity contribution in [3.63, 3.8) is 0 Å². The molecule has 4 nitrogen and oxygen atoms in total. The molecule has 4 heteroatoms. The van der Waals surface area contributed by atoms with Crippen molar-refractivity contribution in [3.05, 3.63) is 89.5 Å². The minimum Gasteiger partial charge on any atom is -0.494 e. The highest BCUT2D eigenvalue weighted by Gasteiger charge is 2.27. The first kappa shape index (κ1) is 23.1. The molecule has 1 aliphatic carbocycles. The molecule has 1 atom stereocenters. The SMILES string of the molecule is CCCNC(=O)C(Cc1ccc(OCCC2c3ccccc3-c3ccccc32)cc1)OCC. The molecule has 3 aromatic carbocycles. The number of carbonyl (C=O) groups is 1. The second-order valence-electron chi connectivity index (χ2n) is 8.45. The molecule has 0 heterocycles. The first-order valence-electron chi connectivity index (χ1n) is 12.0. The minimum atomic E-state index is -0.462. The average molecular weight is 444 g/mol. The molecule has 0 fully saturated rings. The summed E-state index contributed by atoms with van der Waals surface area (Å²) in [5.74, 6) is 1.17. The molecule has 0 saturated carbocycles. The van der Waals surface area contributed by atoms with Crippen molar-refractivity contribution in [2.75, 3.05) is 19.8 Å². The number of amides is 1. The topological polar surface area (TPSA) is 47.6 Å². The molecule has 1 N–H and O–H groups in total. The van der Waals surface area contributed by atoms with E-state index in [0.717, 1.165) is 24.2 Å². The minimum absolute atomic E-state index is 0.0452. The third-order valence-electron chi connectivity index (χ3n) is 6.19. The van der Waals surface area contributed by atoms with Crippen LogP contribution in [0.2, 0.25) is 0 Å². The van der Waals surface area contributed by atoms with E-state index in [-0.39, 0.29) is 5.91 Å². The zero-order valence-corrected chi connectivity index (χ0v) is 19.6. The van der Waals surface area contributed by atoms with Crippen LogP contribution in [-0.2, 0) is 16.0 Å². The van der Waals surface area contributed by atoms with Gasteiger partial charge >= 0.3 is 0 Å². The molecule has 172 valence electrons. The normalized spacial score (nSPS) is 13.3. The zero-order chi connectivity index (χ0) is 23.0. The summed E-state index contributed by atoms with van der Waals surface area (Å²) in [6.07, 6.45) is 1.93. The monoisotopic (exact) mass is 443 g/mol. The quantitative estimate of drug-likeness (QED) is 0.411. The van der Waals surface area contributed by atoms with E-state index in [1.54, 1.807) is 0 Å². The summed E-state index contributed by atoms with van der Waals surface area (Å²) in [5.41, 5.74) is 6.52. The van der Waals surface area contributed by atoms with E-state index in [1.807, 2.05) is 38.1 Å². The molecule has 0 bridgehead atoms. The van der Waals surface area contributed by atoms with Crippen LogP contribution in [0.15, 0.2) is 72.8 Å². The molecule has 0 radical (unpaired) electrons. The van der Waals surface area contributed by atoms with Gasteiger partial charge in [-0.15, -0.1) is 0 Å². The van der Waals surface area contributed by atoms with Crippen molar-refractivity contribution in [1.29, 1.82) is 0 Å². The lowest BCUT2D eigenvalue weighted by molar-refractivity contribution is -0.132. The predicted molar refractivity (Wildman–Crippen MR) is 133 cm³/mol. The summed E-state index contributed by atoms with van der Waals surface area (Å²) in [6, 6.07) is 25.4. The Hall–Kier alpha value is -3.11. The van der Waals surface area contributed by atoms with Gasteiger partial charge in [0.2, 0.25) is 5.91 Å². The van der Waals surface area contributed by atoms with E-state index in [2.05, 4.69) is 53.8 Å². The molecule has 0 saturated heterocycles. The van der Waals surface area contributed by atoms with Crippen molar-refractivity contribution < 1.29 is 14.3 Å². The highest BCUT2D eigenvalue weighted by atomic mass is 16.5. The standard InChI is InChI=1S/C29H33NO3/c1-3-18-30-29(31)28(32-4-2)20-21-13-15-22(16-14-21)33-19-17-27-25-11-7-5-9-23(25)24-10-6-8-12-26(24)27/h5-16,27-28H,3-4,17-20H2,1-2H3,(H,30,31). The number of nitrogens with one attached hydrogen (secondary N) is 1. The van der Waals surface area contributed by atoms with Crippen molar-refractivity contribution >= 4 is 5.91 Å². The Morgan fingerprint density at radius 3 is 2.15 bits per heavy atom. The Bertz CT molecular complexity index is 1010. The Labute approximate surface area is 196 Å². The van der Waals surface area contributed by atoms with Gasteiger partial charge in [0, 0.05) is 25.5 Å². The number of ether oxygens (including phenoxy) is 2. The third-order valence-corrected chi connectivity index (χ3v) is 6.19. The van der Waals surface area contributed by atoms with Gasteiger partial charge in [0.25, 0.3) is 0 Å². The lowest BCUT2D eigenvalue weighted by atomic mass is 9.94. The second kappa shape index (κ2) is 11.2. The fourth-order valence-electron chi connectivity index (χ4n) is 4.59. The Balaban J connectivity index is 1.34. The summed E-state index contributed by atoms with van der Waals surface area (Å²) >= 11 is 0. The van der Waals surface area contributed by atoms with E-state index >= 15 is 0 Å². The maximum Gasteiger partial charge on any atom is 0.249 e. The van der Waals surface area contributed by atoms with Crippen LogP contribution in [0.1, 0.15) is 49.3 Å². The van der Waals surface area contributed by atoms with Crippen molar-refractivity contribution in [2.24, 2.45) is 0 Å². The molecule has 3 aromatic rings. The van der Waals surface area contributed by atoms with Gasteiger partial charge in [-0.25, -0.2) is 0 Å². The summed E-state index contributed by atoms with van der Waals surface area (Å²) < 4.78 is 11.8. The number of fused-ring (bicyclic) bond motifs is 3. The fraction of sp³-hybridized carbons (Fsp3) is 0.345. The lowest BCUT2D eigenvalue weighted by Gasteiger charge is -2.17. The molecule has 33 heavy (non-hydrogen) atoms. The number of benzene rings is 3. The Kier molecular flexibility index (Phi) is 7.79. The number of hydrogen-bond acceptors (Lipinski definition) is 3. The summed E-state index contributed by atoms with van der Waals surface area (Å²) in [5, 5.41) is 2.93. The van der Waals surface area contributed by atoms with Gasteiger partial charge in [0.15, 0.2) is 0 Å². The number of hydrogen-bond donors (Lipinski definition) is 1. The van der Waals surface area contributed by atoms with Crippen molar-refractivity contribution in [1.82, 2.24) is 5.32 Å². The molecule has 1 unspecified atom stereocenters. The average Bonchev–Trinajstić information content (AvgIpc) is 3.17. The molecule has 4 rings (SSSR count). The maximum atomic E-state index is 12.3. The van der Waals surface area contributed by atoms with E-state index in [0.29, 0.717) is 32.1 Å². The van der Waals surface area contributed by atoms with Crippen LogP contribution >= 0.6 is 0 Å².